The minimum Gasteiger partial charge on any atom is -0.376 e. The molecule has 2 aromatic rings. The molecule has 22 heavy (non-hydrogen) atoms. The molecule has 2 amide bonds. The number of hydrogen-bond acceptors (Lipinski definition) is 3. The van der Waals surface area contributed by atoms with Crippen molar-refractivity contribution < 1.29 is 9.53 Å². The van der Waals surface area contributed by atoms with E-state index in [9.17, 15) is 9.59 Å². The zero-order chi connectivity index (χ0) is 15.5. The fourth-order valence-corrected chi connectivity index (χ4v) is 2.64. The van der Waals surface area contributed by atoms with Gasteiger partial charge in [0.05, 0.1) is 11.6 Å². The van der Waals surface area contributed by atoms with E-state index in [1.807, 2.05) is 0 Å². The highest BCUT2D eigenvalue weighted by Gasteiger charge is 2.16. The maximum atomic E-state index is 12.3. The largest absolute Gasteiger partial charge is 0.376 e. The van der Waals surface area contributed by atoms with E-state index in [1.54, 1.807) is 18.2 Å². The summed E-state index contributed by atoms with van der Waals surface area (Å²) in [7, 11) is 0. The molecule has 0 aliphatic carbocycles. The number of nitrogens with one attached hydrogen (secondary N) is 3. The molecule has 0 unspecified atom stereocenters. The molecule has 3 rings (SSSR count). The highest BCUT2D eigenvalue weighted by Crippen LogP contribution is 2.16. The van der Waals surface area contributed by atoms with Gasteiger partial charge in [-0.1, -0.05) is 11.6 Å². The lowest BCUT2D eigenvalue weighted by atomic mass is 10.2. The van der Waals surface area contributed by atoms with E-state index >= 15 is 0 Å². The molecular weight excluding hydrogens is 306 g/mol. The molecule has 1 saturated heterocycles. The van der Waals surface area contributed by atoms with Crippen molar-refractivity contribution >= 4 is 34.2 Å². The molecule has 2 heterocycles. The fraction of sp³-hybridized carbons (Fsp3) is 0.333. The van der Waals surface area contributed by atoms with Crippen LogP contribution in [0.3, 0.4) is 0 Å². The molecule has 0 saturated carbocycles. The molecule has 6 nitrogen and oxygen atoms in total. The number of benzene rings is 1. The number of anilines is 1. The number of H-pyrrole nitrogens is 1. The van der Waals surface area contributed by atoms with Crippen molar-refractivity contribution in [1.29, 1.82) is 0 Å². The highest BCUT2D eigenvalue weighted by molar-refractivity contribution is 6.31. The van der Waals surface area contributed by atoms with Gasteiger partial charge in [-0.25, -0.2) is 4.79 Å². The first-order valence-corrected chi connectivity index (χ1v) is 7.49. The van der Waals surface area contributed by atoms with Crippen LogP contribution in [0, 0.1) is 0 Å². The molecule has 116 valence electrons. The number of carbonyl (C=O) groups is 1. The third-order valence-electron chi connectivity index (χ3n) is 3.61. The summed E-state index contributed by atoms with van der Waals surface area (Å²) in [4.78, 5) is 27.1. The van der Waals surface area contributed by atoms with E-state index in [4.69, 9.17) is 16.3 Å². The van der Waals surface area contributed by atoms with Gasteiger partial charge in [-0.05, 0) is 31.0 Å². The summed E-state index contributed by atoms with van der Waals surface area (Å²) in [5, 5.41) is 6.28. The van der Waals surface area contributed by atoms with Crippen molar-refractivity contribution in [2.45, 2.75) is 18.9 Å². The lowest BCUT2D eigenvalue weighted by Crippen LogP contribution is -2.36. The van der Waals surface area contributed by atoms with Crippen molar-refractivity contribution in [2.24, 2.45) is 0 Å². The zero-order valence-electron chi connectivity index (χ0n) is 11.8. The average molecular weight is 322 g/mol. The lowest BCUT2D eigenvalue weighted by Gasteiger charge is -2.11. The first-order chi connectivity index (χ1) is 10.6. The number of fused-ring (bicyclic) bond motifs is 1. The molecule has 1 fully saturated rings. The van der Waals surface area contributed by atoms with Gasteiger partial charge in [0.2, 0.25) is 5.43 Å². The second-order valence-electron chi connectivity index (χ2n) is 5.19. The fourth-order valence-electron chi connectivity index (χ4n) is 2.47. The Morgan fingerprint density at radius 2 is 2.32 bits per heavy atom. The Hall–Kier alpha value is -2.05. The third kappa shape index (κ3) is 3.23. The van der Waals surface area contributed by atoms with Crippen LogP contribution < -0.4 is 16.1 Å². The second-order valence-corrected chi connectivity index (χ2v) is 5.63. The van der Waals surface area contributed by atoms with Crippen LogP contribution in [0.2, 0.25) is 5.02 Å². The van der Waals surface area contributed by atoms with Crippen LogP contribution in [0.5, 0.6) is 0 Å². The molecular formula is C15H16ClN3O3. The van der Waals surface area contributed by atoms with Gasteiger partial charge in [-0.2, -0.15) is 0 Å². The Bertz CT molecular complexity index is 753. The van der Waals surface area contributed by atoms with Crippen molar-refractivity contribution in [3.8, 4) is 0 Å². The molecule has 1 aliphatic heterocycles. The molecule has 1 aromatic heterocycles. The highest BCUT2D eigenvalue weighted by atomic mass is 35.5. The quantitative estimate of drug-likeness (QED) is 0.812. The first kappa shape index (κ1) is 14.9. The number of aromatic amines is 1. The number of halogens is 1. The van der Waals surface area contributed by atoms with Crippen LogP contribution in [0.4, 0.5) is 10.5 Å². The summed E-state index contributed by atoms with van der Waals surface area (Å²) in [5.41, 5.74) is 0.570. The van der Waals surface area contributed by atoms with Crippen LogP contribution in [0.1, 0.15) is 12.8 Å². The number of hydrogen-bond donors (Lipinski definition) is 3. The third-order valence-corrected chi connectivity index (χ3v) is 3.84. The second kappa shape index (κ2) is 6.37. The summed E-state index contributed by atoms with van der Waals surface area (Å²) in [6.07, 6.45) is 3.48. The Morgan fingerprint density at radius 3 is 3.09 bits per heavy atom. The normalized spacial score (nSPS) is 17.6. The number of ether oxygens (including phenoxy) is 1. The van der Waals surface area contributed by atoms with E-state index in [2.05, 4.69) is 15.6 Å². The summed E-state index contributed by atoms with van der Waals surface area (Å²) in [5.74, 6) is 0. The Morgan fingerprint density at radius 1 is 1.45 bits per heavy atom. The molecule has 0 spiro atoms. The van der Waals surface area contributed by atoms with Gasteiger partial charge in [0.1, 0.15) is 5.69 Å². The van der Waals surface area contributed by atoms with Crippen LogP contribution >= 0.6 is 11.6 Å². The SMILES string of the molecule is O=C(NC[C@H]1CCCO1)Nc1c[nH]c2cc(Cl)ccc2c1=O. The Balaban J connectivity index is 1.70. The Labute approximate surface area is 131 Å². The van der Waals surface area contributed by atoms with Crippen molar-refractivity contribution in [3.05, 3.63) is 39.6 Å². The van der Waals surface area contributed by atoms with Gasteiger partial charge in [0.15, 0.2) is 0 Å². The number of rotatable bonds is 3. The van der Waals surface area contributed by atoms with Gasteiger partial charge in [-0.3, -0.25) is 4.79 Å². The van der Waals surface area contributed by atoms with Crippen LogP contribution in [-0.2, 0) is 4.74 Å². The van der Waals surface area contributed by atoms with E-state index in [-0.39, 0.29) is 17.2 Å². The topological polar surface area (TPSA) is 83.2 Å². The lowest BCUT2D eigenvalue weighted by molar-refractivity contribution is 0.112. The van der Waals surface area contributed by atoms with Gasteiger partial charge in [0, 0.05) is 29.8 Å². The number of urea groups is 1. The van der Waals surface area contributed by atoms with E-state index in [0.29, 0.717) is 22.5 Å². The predicted octanol–water partition coefficient (Wildman–Crippen LogP) is 2.48. The summed E-state index contributed by atoms with van der Waals surface area (Å²) in [6, 6.07) is 4.51. The summed E-state index contributed by atoms with van der Waals surface area (Å²) >= 11 is 5.88. The van der Waals surface area contributed by atoms with Crippen molar-refractivity contribution in [3.63, 3.8) is 0 Å². The molecule has 0 radical (unpaired) electrons. The van der Waals surface area contributed by atoms with E-state index < -0.39 is 6.03 Å². The smallest absolute Gasteiger partial charge is 0.319 e. The maximum absolute atomic E-state index is 12.3. The van der Waals surface area contributed by atoms with Crippen molar-refractivity contribution in [2.75, 3.05) is 18.5 Å². The van der Waals surface area contributed by atoms with Crippen LogP contribution in [0.25, 0.3) is 10.9 Å². The summed E-state index contributed by atoms with van der Waals surface area (Å²) < 4.78 is 5.42. The number of carbonyl (C=O) groups excluding carboxylic acids is 1. The standard InChI is InChI=1S/C15H16ClN3O3/c16-9-3-4-11-12(6-9)17-8-13(14(11)20)19-15(21)18-7-10-2-1-5-22-10/h3-4,6,8,10H,1-2,5,7H2,(H,17,20)(H2,18,19,21)/t10-/m1/s1. The minimum absolute atomic E-state index is 0.0581. The van der Waals surface area contributed by atoms with Gasteiger partial charge < -0.3 is 20.4 Å². The number of amides is 2. The van der Waals surface area contributed by atoms with Gasteiger partial charge in [-0.15, -0.1) is 0 Å². The van der Waals surface area contributed by atoms with E-state index in [0.717, 1.165) is 19.4 Å². The molecule has 1 atom stereocenters. The molecule has 1 aromatic carbocycles. The van der Waals surface area contributed by atoms with Gasteiger partial charge in [0.25, 0.3) is 0 Å². The van der Waals surface area contributed by atoms with Gasteiger partial charge >= 0.3 is 6.03 Å². The monoisotopic (exact) mass is 321 g/mol. The molecule has 7 heteroatoms. The average Bonchev–Trinajstić information content (AvgIpc) is 3.01. The summed E-state index contributed by atoms with van der Waals surface area (Å²) in [6.45, 7) is 1.17. The van der Waals surface area contributed by atoms with E-state index in [1.165, 1.54) is 6.20 Å². The molecule has 0 bridgehead atoms. The zero-order valence-corrected chi connectivity index (χ0v) is 12.6. The molecule has 1 aliphatic rings. The van der Waals surface area contributed by atoms with Crippen molar-refractivity contribution in [1.82, 2.24) is 10.3 Å². The predicted molar refractivity (Wildman–Crippen MR) is 85.6 cm³/mol. The number of pyridine rings is 1. The minimum atomic E-state index is -0.422. The van der Waals surface area contributed by atoms with Crippen LogP contribution in [0.15, 0.2) is 29.2 Å². The Kier molecular flexibility index (Phi) is 4.31. The molecule has 3 N–H and O–H groups in total. The maximum Gasteiger partial charge on any atom is 0.319 e. The first-order valence-electron chi connectivity index (χ1n) is 7.11. The van der Waals surface area contributed by atoms with Crippen LogP contribution in [-0.4, -0.2) is 30.3 Å². The number of aromatic nitrogens is 1.